The molecule has 0 aliphatic carbocycles. The van der Waals surface area contributed by atoms with Crippen LogP contribution in [-0.2, 0) is 9.53 Å². The van der Waals surface area contributed by atoms with Crippen molar-refractivity contribution in [3.05, 3.63) is 35.4 Å². The van der Waals surface area contributed by atoms with E-state index in [9.17, 15) is 9.59 Å². The number of carbonyl (C=O) groups excluding carboxylic acids is 2. The Labute approximate surface area is 149 Å². The van der Waals surface area contributed by atoms with Crippen LogP contribution in [0.4, 0.5) is 0 Å². The topological polar surface area (TPSA) is 58.6 Å². The summed E-state index contributed by atoms with van der Waals surface area (Å²) in [5.74, 6) is -0.0741. The first-order chi connectivity index (χ1) is 11.9. The molecule has 0 saturated carbocycles. The lowest BCUT2D eigenvalue weighted by Gasteiger charge is -2.37. The first-order valence-corrected chi connectivity index (χ1v) is 9.15. The highest BCUT2D eigenvalue weighted by atomic mass is 16.5. The molecule has 2 aliphatic heterocycles. The molecule has 2 heterocycles. The third kappa shape index (κ3) is 3.71. The lowest BCUT2D eigenvalue weighted by atomic mass is 9.71. The Kier molecular flexibility index (Phi) is 5.13. The zero-order valence-corrected chi connectivity index (χ0v) is 15.4. The molecule has 5 heteroatoms. The van der Waals surface area contributed by atoms with Gasteiger partial charge in [0, 0.05) is 43.3 Å². The van der Waals surface area contributed by atoms with Crippen LogP contribution in [0.5, 0.6) is 0 Å². The molecule has 1 aromatic carbocycles. The minimum absolute atomic E-state index is 0.0192. The van der Waals surface area contributed by atoms with Gasteiger partial charge in [-0.15, -0.1) is 0 Å². The number of nitrogens with zero attached hydrogens (tertiary/aromatic N) is 1. The fourth-order valence-electron chi connectivity index (χ4n) is 4.03. The van der Waals surface area contributed by atoms with Crippen LogP contribution in [0.3, 0.4) is 0 Å². The minimum Gasteiger partial charge on any atom is -0.381 e. The van der Waals surface area contributed by atoms with E-state index in [2.05, 4.69) is 5.32 Å². The summed E-state index contributed by atoms with van der Waals surface area (Å²) in [6.07, 6.45) is 1.67. The van der Waals surface area contributed by atoms with Crippen molar-refractivity contribution in [1.82, 2.24) is 10.2 Å². The fourth-order valence-corrected chi connectivity index (χ4v) is 4.03. The number of nitrogens with one attached hydrogen (secondary N) is 1. The molecular weight excluding hydrogens is 316 g/mol. The monoisotopic (exact) mass is 344 g/mol. The van der Waals surface area contributed by atoms with Gasteiger partial charge < -0.3 is 15.0 Å². The van der Waals surface area contributed by atoms with Gasteiger partial charge in [0.05, 0.1) is 5.92 Å². The number of carbonyl (C=O) groups is 2. The maximum Gasteiger partial charge on any atom is 0.253 e. The molecule has 25 heavy (non-hydrogen) atoms. The van der Waals surface area contributed by atoms with Crippen LogP contribution in [0.25, 0.3) is 0 Å². The van der Waals surface area contributed by atoms with Crippen molar-refractivity contribution in [2.45, 2.75) is 39.7 Å². The Hall–Kier alpha value is -1.88. The summed E-state index contributed by atoms with van der Waals surface area (Å²) in [5, 5.41) is 3.05. The molecule has 2 fully saturated rings. The number of likely N-dealkylation sites (tertiary alicyclic amines) is 1. The summed E-state index contributed by atoms with van der Waals surface area (Å²) >= 11 is 0. The molecule has 1 spiro atoms. The van der Waals surface area contributed by atoms with Crippen molar-refractivity contribution in [3.8, 4) is 0 Å². The molecule has 1 atom stereocenters. The molecule has 5 nitrogen and oxygen atoms in total. The van der Waals surface area contributed by atoms with Crippen LogP contribution < -0.4 is 5.32 Å². The van der Waals surface area contributed by atoms with E-state index in [1.807, 2.05) is 49.9 Å². The van der Waals surface area contributed by atoms with Gasteiger partial charge in [0.2, 0.25) is 5.91 Å². The van der Waals surface area contributed by atoms with Crippen LogP contribution in [0, 0.1) is 18.3 Å². The molecule has 1 unspecified atom stereocenters. The first-order valence-electron chi connectivity index (χ1n) is 9.15. The zero-order valence-electron chi connectivity index (χ0n) is 15.4. The largest absolute Gasteiger partial charge is 0.381 e. The smallest absolute Gasteiger partial charge is 0.253 e. The van der Waals surface area contributed by atoms with Crippen molar-refractivity contribution >= 4 is 11.8 Å². The minimum atomic E-state index is -0.159. The van der Waals surface area contributed by atoms with Gasteiger partial charge in [-0.05, 0) is 45.7 Å². The Morgan fingerprint density at radius 1 is 1.20 bits per heavy atom. The highest BCUT2D eigenvalue weighted by molar-refractivity contribution is 5.95. The molecule has 1 aromatic rings. The number of rotatable bonds is 3. The van der Waals surface area contributed by atoms with Crippen LogP contribution >= 0.6 is 0 Å². The predicted molar refractivity (Wildman–Crippen MR) is 96.3 cm³/mol. The van der Waals surface area contributed by atoms with E-state index in [1.165, 1.54) is 0 Å². The Morgan fingerprint density at radius 3 is 2.44 bits per heavy atom. The fraction of sp³-hybridized carbons (Fsp3) is 0.600. The Balaban J connectivity index is 1.82. The molecule has 2 aliphatic rings. The average Bonchev–Trinajstić information content (AvgIpc) is 2.94. The summed E-state index contributed by atoms with van der Waals surface area (Å²) in [7, 11) is 0. The van der Waals surface area contributed by atoms with Crippen molar-refractivity contribution in [2.75, 3.05) is 26.3 Å². The standard InChI is InChI=1S/C20H28N2O3/c1-14(2)21-18(23)17-12-22(13-20(17)8-10-25-11-9-20)19(24)16-6-4-15(3)5-7-16/h4-7,14,17H,8-13H2,1-3H3,(H,21,23). The van der Waals surface area contributed by atoms with Crippen molar-refractivity contribution < 1.29 is 14.3 Å². The van der Waals surface area contributed by atoms with Gasteiger partial charge in [0.1, 0.15) is 0 Å². The highest BCUT2D eigenvalue weighted by Gasteiger charge is 2.51. The molecular formula is C20H28N2O3. The van der Waals surface area contributed by atoms with Crippen LogP contribution in [0.2, 0.25) is 0 Å². The maximum absolute atomic E-state index is 12.9. The summed E-state index contributed by atoms with van der Waals surface area (Å²) < 4.78 is 5.52. The third-order valence-corrected chi connectivity index (χ3v) is 5.47. The van der Waals surface area contributed by atoms with Crippen molar-refractivity contribution in [1.29, 1.82) is 0 Å². The second-order valence-electron chi connectivity index (χ2n) is 7.74. The maximum atomic E-state index is 12.9. The molecule has 0 bridgehead atoms. The number of hydrogen-bond donors (Lipinski definition) is 1. The summed E-state index contributed by atoms with van der Waals surface area (Å²) in [6.45, 7) is 8.41. The number of aryl methyl sites for hydroxylation is 1. The van der Waals surface area contributed by atoms with E-state index in [1.54, 1.807) is 0 Å². The van der Waals surface area contributed by atoms with Gasteiger partial charge in [-0.3, -0.25) is 9.59 Å². The lowest BCUT2D eigenvalue weighted by Crippen LogP contribution is -2.46. The van der Waals surface area contributed by atoms with Crippen molar-refractivity contribution in [3.63, 3.8) is 0 Å². The highest BCUT2D eigenvalue weighted by Crippen LogP contribution is 2.44. The summed E-state index contributed by atoms with van der Waals surface area (Å²) in [6, 6.07) is 7.75. The Morgan fingerprint density at radius 2 is 1.84 bits per heavy atom. The van der Waals surface area contributed by atoms with Crippen LogP contribution in [0.15, 0.2) is 24.3 Å². The van der Waals surface area contributed by atoms with E-state index in [0.717, 1.165) is 18.4 Å². The molecule has 2 amide bonds. The van der Waals surface area contributed by atoms with Gasteiger partial charge in [0.25, 0.3) is 5.91 Å². The molecule has 3 rings (SSSR count). The molecule has 136 valence electrons. The average molecular weight is 344 g/mol. The first kappa shape index (κ1) is 17.9. The molecule has 0 aromatic heterocycles. The number of amides is 2. The van der Waals surface area contributed by atoms with E-state index >= 15 is 0 Å². The molecule has 0 radical (unpaired) electrons. The zero-order chi connectivity index (χ0) is 18.0. The van der Waals surface area contributed by atoms with Gasteiger partial charge in [-0.2, -0.15) is 0 Å². The SMILES string of the molecule is Cc1ccc(C(=O)N2CC(C(=O)NC(C)C)C3(CCOCC3)C2)cc1. The van der Waals surface area contributed by atoms with E-state index in [-0.39, 0.29) is 29.2 Å². The number of ether oxygens (including phenoxy) is 1. The van der Waals surface area contributed by atoms with Crippen molar-refractivity contribution in [2.24, 2.45) is 11.3 Å². The van der Waals surface area contributed by atoms with E-state index < -0.39 is 0 Å². The quantitative estimate of drug-likeness (QED) is 0.916. The number of hydrogen-bond acceptors (Lipinski definition) is 3. The van der Waals surface area contributed by atoms with E-state index in [0.29, 0.717) is 31.9 Å². The summed E-state index contributed by atoms with van der Waals surface area (Å²) in [5.41, 5.74) is 1.67. The van der Waals surface area contributed by atoms with Gasteiger partial charge in [-0.25, -0.2) is 0 Å². The predicted octanol–water partition coefficient (Wildman–Crippen LogP) is 2.39. The van der Waals surface area contributed by atoms with Crippen LogP contribution in [0.1, 0.15) is 42.6 Å². The van der Waals surface area contributed by atoms with Crippen LogP contribution in [-0.4, -0.2) is 49.1 Å². The molecule has 1 N–H and O–H groups in total. The van der Waals surface area contributed by atoms with E-state index in [4.69, 9.17) is 4.74 Å². The lowest BCUT2D eigenvalue weighted by molar-refractivity contribution is -0.130. The Bertz CT molecular complexity index is 633. The van der Waals surface area contributed by atoms with Gasteiger partial charge in [-0.1, -0.05) is 17.7 Å². The summed E-state index contributed by atoms with van der Waals surface area (Å²) in [4.78, 5) is 27.6. The number of benzene rings is 1. The molecule has 2 saturated heterocycles. The van der Waals surface area contributed by atoms with Gasteiger partial charge in [0.15, 0.2) is 0 Å². The second kappa shape index (κ2) is 7.16. The second-order valence-corrected chi connectivity index (χ2v) is 7.74. The third-order valence-electron chi connectivity index (χ3n) is 5.47. The van der Waals surface area contributed by atoms with Gasteiger partial charge >= 0.3 is 0 Å². The normalized spacial score (nSPS) is 22.4.